The van der Waals surface area contributed by atoms with Gasteiger partial charge < -0.3 is 20.0 Å². The van der Waals surface area contributed by atoms with Gasteiger partial charge in [0.25, 0.3) is 0 Å². The average molecular weight is 298 g/mol. The molecule has 6 heteroatoms. The molecule has 0 bridgehead atoms. The molecule has 0 saturated carbocycles. The fraction of sp³-hybridized carbons (Fsp3) is 0.867. The van der Waals surface area contributed by atoms with Gasteiger partial charge in [-0.3, -0.25) is 0 Å². The number of nitrogens with zero attached hydrogens (tertiary/aromatic N) is 2. The van der Waals surface area contributed by atoms with Crippen molar-refractivity contribution in [2.24, 2.45) is 5.41 Å². The summed E-state index contributed by atoms with van der Waals surface area (Å²) in [5.41, 5.74) is 0.327. The quantitative estimate of drug-likeness (QED) is 0.828. The number of aliphatic hydroxyl groups is 1. The van der Waals surface area contributed by atoms with E-state index >= 15 is 0 Å². The first-order valence-corrected chi connectivity index (χ1v) is 7.89. The summed E-state index contributed by atoms with van der Waals surface area (Å²) in [5, 5.41) is 18.8. The van der Waals surface area contributed by atoms with Crippen molar-refractivity contribution in [2.75, 3.05) is 19.6 Å². The lowest BCUT2D eigenvalue weighted by Crippen LogP contribution is -2.51. The number of aliphatic hydroxyl groups excluding tert-OH is 1. The zero-order valence-electron chi connectivity index (χ0n) is 12.9. The van der Waals surface area contributed by atoms with Crippen LogP contribution in [0, 0.1) is 5.41 Å². The number of piperidine rings is 1. The Balaban J connectivity index is 2.00. The van der Waals surface area contributed by atoms with Crippen molar-refractivity contribution in [2.45, 2.75) is 58.1 Å². The highest BCUT2D eigenvalue weighted by Crippen LogP contribution is 2.38. The molecule has 2 saturated heterocycles. The molecule has 0 aliphatic carbocycles. The van der Waals surface area contributed by atoms with Crippen molar-refractivity contribution in [1.29, 1.82) is 0 Å². The second kappa shape index (κ2) is 6.22. The molecular formula is C15H26N2O4. The van der Waals surface area contributed by atoms with Gasteiger partial charge in [-0.15, -0.1) is 0 Å². The third kappa shape index (κ3) is 3.15. The summed E-state index contributed by atoms with van der Waals surface area (Å²) in [5.74, 6) is -1.03. The van der Waals surface area contributed by atoms with E-state index in [-0.39, 0.29) is 19.0 Å². The van der Waals surface area contributed by atoms with E-state index in [4.69, 9.17) is 0 Å². The third-order valence-electron chi connectivity index (χ3n) is 5.40. The summed E-state index contributed by atoms with van der Waals surface area (Å²) in [4.78, 5) is 26.8. The van der Waals surface area contributed by atoms with Crippen molar-refractivity contribution in [3.05, 3.63) is 0 Å². The van der Waals surface area contributed by atoms with Gasteiger partial charge in [0.2, 0.25) is 0 Å². The third-order valence-corrected chi connectivity index (χ3v) is 5.40. The number of likely N-dealkylation sites (tertiary alicyclic amines) is 2. The topological polar surface area (TPSA) is 81.1 Å². The molecule has 0 unspecified atom stereocenters. The van der Waals surface area contributed by atoms with Gasteiger partial charge in [-0.25, -0.2) is 9.59 Å². The monoisotopic (exact) mass is 298 g/mol. The molecule has 2 rings (SSSR count). The van der Waals surface area contributed by atoms with Crippen LogP contribution in [0.2, 0.25) is 0 Å². The highest BCUT2D eigenvalue weighted by atomic mass is 16.4. The van der Waals surface area contributed by atoms with Gasteiger partial charge in [-0.1, -0.05) is 26.7 Å². The van der Waals surface area contributed by atoms with Crippen LogP contribution in [0.25, 0.3) is 0 Å². The summed E-state index contributed by atoms with van der Waals surface area (Å²) in [6, 6.07) is -1.13. The standard InChI is InChI=1S/C15H26N2O4/c1-3-15(4-2)5-7-16(8-6-15)14(21)17-10-11(18)9-12(17)13(19)20/h11-12,18H,3-10H2,1-2H3,(H,19,20)/t11-,12-/m1/s1. The molecule has 2 aliphatic rings. The van der Waals surface area contributed by atoms with E-state index in [0.29, 0.717) is 18.5 Å². The molecule has 2 N–H and O–H groups in total. The number of carbonyl (C=O) groups excluding carboxylic acids is 1. The molecule has 0 radical (unpaired) electrons. The number of urea groups is 1. The number of amides is 2. The largest absolute Gasteiger partial charge is 0.480 e. The van der Waals surface area contributed by atoms with Crippen LogP contribution >= 0.6 is 0 Å². The minimum absolute atomic E-state index is 0.124. The molecule has 2 aliphatic heterocycles. The summed E-state index contributed by atoms with van der Waals surface area (Å²) >= 11 is 0. The van der Waals surface area contributed by atoms with Gasteiger partial charge in [0, 0.05) is 26.1 Å². The van der Waals surface area contributed by atoms with E-state index in [2.05, 4.69) is 13.8 Å². The molecule has 2 fully saturated rings. The van der Waals surface area contributed by atoms with E-state index in [9.17, 15) is 19.8 Å². The van der Waals surface area contributed by atoms with Crippen molar-refractivity contribution in [3.8, 4) is 0 Å². The fourth-order valence-electron chi connectivity index (χ4n) is 3.57. The number of β-amino-alcohol motifs (C(OH)–C–C–N with tert-alkyl or cyclic N) is 1. The number of carboxylic acids is 1. The van der Waals surface area contributed by atoms with E-state index < -0.39 is 18.1 Å². The summed E-state index contributed by atoms with van der Waals surface area (Å²) < 4.78 is 0. The number of aliphatic carboxylic acids is 1. The predicted octanol–water partition coefficient (Wildman–Crippen LogP) is 1.53. The summed E-state index contributed by atoms with van der Waals surface area (Å²) in [7, 11) is 0. The zero-order valence-corrected chi connectivity index (χ0v) is 12.9. The highest BCUT2D eigenvalue weighted by molar-refractivity contribution is 5.83. The lowest BCUT2D eigenvalue weighted by molar-refractivity contribution is -0.141. The van der Waals surface area contributed by atoms with Gasteiger partial charge in [0.1, 0.15) is 6.04 Å². The van der Waals surface area contributed by atoms with Crippen LogP contribution < -0.4 is 0 Å². The molecule has 0 aromatic rings. The Kier molecular flexibility index (Phi) is 4.76. The first-order valence-electron chi connectivity index (χ1n) is 7.89. The minimum Gasteiger partial charge on any atom is -0.480 e. The molecule has 2 amide bonds. The minimum atomic E-state index is -1.03. The Bertz CT molecular complexity index is 398. The Labute approximate surface area is 125 Å². The van der Waals surface area contributed by atoms with Crippen LogP contribution in [0.4, 0.5) is 4.79 Å². The Morgan fingerprint density at radius 3 is 2.24 bits per heavy atom. The number of rotatable bonds is 3. The van der Waals surface area contributed by atoms with Crippen LogP contribution in [0.3, 0.4) is 0 Å². The van der Waals surface area contributed by atoms with Gasteiger partial charge in [-0.05, 0) is 18.3 Å². The van der Waals surface area contributed by atoms with Crippen LogP contribution in [0.1, 0.15) is 46.0 Å². The number of carbonyl (C=O) groups is 2. The van der Waals surface area contributed by atoms with E-state index in [1.54, 1.807) is 4.90 Å². The molecule has 0 spiro atoms. The Morgan fingerprint density at radius 2 is 1.76 bits per heavy atom. The Hall–Kier alpha value is -1.30. The van der Waals surface area contributed by atoms with Crippen LogP contribution in [0.15, 0.2) is 0 Å². The lowest BCUT2D eigenvalue weighted by Gasteiger charge is -2.42. The molecule has 2 heterocycles. The maximum absolute atomic E-state index is 12.5. The molecule has 2 atom stereocenters. The molecule has 0 aromatic heterocycles. The fourth-order valence-corrected chi connectivity index (χ4v) is 3.57. The van der Waals surface area contributed by atoms with Crippen LogP contribution in [-0.4, -0.2) is 63.8 Å². The second-order valence-corrected chi connectivity index (χ2v) is 6.37. The number of carboxylic acid groups (broad SMARTS) is 1. The Morgan fingerprint density at radius 1 is 1.19 bits per heavy atom. The second-order valence-electron chi connectivity index (χ2n) is 6.37. The van der Waals surface area contributed by atoms with Crippen LogP contribution in [-0.2, 0) is 4.79 Å². The highest BCUT2D eigenvalue weighted by Gasteiger charge is 2.42. The molecule has 0 aromatic carbocycles. The molecule has 120 valence electrons. The van der Waals surface area contributed by atoms with Crippen LogP contribution in [0.5, 0.6) is 0 Å². The summed E-state index contributed by atoms with van der Waals surface area (Å²) in [6.07, 6.45) is 3.57. The SMILES string of the molecule is CCC1(CC)CCN(C(=O)N2C[C@H](O)C[C@@H]2C(=O)O)CC1. The summed E-state index contributed by atoms with van der Waals surface area (Å²) in [6.45, 7) is 5.87. The number of hydrogen-bond donors (Lipinski definition) is 2. The lowest BCUT2D eigenvalue weighted by atomic mass is 9.74. The number of hydrogen-bond acceptors (Lipinski definition) is 3. The maximum atomic E-state index is 12.5. The van der Waals surface area contributed by atoms with Crippen molar-refractivity contribution < 1.29 is 19.8 Å². The maximum Gasteiger partial charge on any atom is 0.326 e. The van der Waals surface area contributed by atoms with Gasteiger partial charge in [0.05, 0.1) is 6.10 Å². The molecule has 21 heavy (non-hydrogen) atoms. The first kappa shape index (κ1) is 16.1. The van der Waals surface area contributed by atoms with Gasteiger partial charge in [0.15, 0.2) is 0 Å². The molecular weight excluding hydrogens is 272 g/mol. The van der Waals surface area contributed by atoms with Crippen molar-refractivity contribution in [3.63, 3.8) is 0 Å². The van der Waals surface area contributed by atoms with E-state index in [1.165, 1.54) is 4.90 Å². The van der Waals surface area contributed by atoms with Crippen molar-refractivity contribution in [1.82, 2.24) is 9.80 Å². The molecule has 6 nitrogen and oxygen atoms in total. The van der Waals surface area contributed by atoms with Gasteiger partial charge >= 0.3 is 12.0 Å². The van der Waals surface area contributed by atoms with Gasteiger partial charge in [-0.2, -0.15) is 0 Å². The van der Waals surface area contributed by atoms with Crippen molar-refractivity contribution >= 4 is 12.0 Å². The van der Waals surface area contributed by atoms with E-state index in [1.807, 2.05) is 0 Å². The average Bonchev–Trinajstić information content (AvgIpc) is 2.89. The van der Waals surface area contributed by atoms with E-state index in [0.717, 1.165) is 25.7 Å². The smallest absolute Gasteiger partial charge is 0.326 e. The first-order chi connectivity index (χ1) is 9.92. The normalized spacial score (nSPS) is 28.7. The zero-order chi connectivity index (χ0) is 15.6. The predicted molar refractivity (Wildman–Crippen MR) is 78.0 cm³/mol.